The molecule has 1 heterocycles. The van der Waals surface area contributed by atoms with Crippen LogP contribution in [0.2, 0.25) is 0 Å². The van der Waals surface area contributed by atoms with E-state index in [2.05, 4.69) is 0 Å². The van der Waals surface area contributed by atoms with Crippen LogP contribution in [0.1, 0.15) is 11.9 Å². The van der Waals surface area contributed by atoms with Crippen LogP contribution >= 0.6 is 0 Å². The molecule has 3 nitrogen and oxygen atoms in total. The molecule has 0 aliphatic carbocycles. The molecule has 0 saturated carbocycles. The van der Waals surface area contributed by atoms with Crippen molar-refractivity contribution in [1.82, 2.24) is 0 Å². The van der Waals surface area contributed by atoms with Crippen molar-refractivity contribution in [3.8, 4) is 11.3 Å². The fourth-order valence-corrected chi connectivity index (χ4v) is 1.70. The molecule has 0 N–H and O–H groups in total. The molecule has 0 radical (unpaired) electrons. The van der Waals surface area contributed by atoms with E-state index in [1.54, 1.807) is 30.3 Å². The molecule has 1 aromatic heterocycles. The van der Waals surface area contributed by atoms with Crippen LogP contribution in [0.3, 0.4) is 0 Å². The quantitative estimate of drug-likeness (QED) is 0.763. The number of methoxy groups -OCH3 is 2. The van der Waals surface area contributed by atoms with Crippen LogP contribution in [0.5, 0.6) is 0 Å². The summed E-state index contributed by atoms with van der Waals surface area (Å²) in [6.07, 6.45) is 0.788. The van der Waals surface area contributed by atoms with E-state index in [1.165, 1.54) is 20.5 Å². The van der Waals surface area contributed by atoms with Gasteiger partial charge in [-0.05, 0) is 18.2 Å². The monoisotopic (exact) mass is 236 g/mol. The maximum absolute atomic E-state index is 14.2. The molecule has 0 aliphatic rings. The standard InChI is InChI=1S/C13H13FO3/c1-15-13(16-2)10-6-3-5-9(12(10)14)11-7-4-8-17-11/h3-8,13H,1-2H3. The predicted molar refractivity (Wildman–Crippen MR) is 60.9 cm³/mol. The number of hydrogen-bond acceptors (Lipinski definition) is 3. The summed E-state index contributed by atoms with van der Waals surface area (Å²) in [6, 6.07) is 8.43. The van der Waals surface area contributed by atoms with Gasteiger partial charge in [-0.15, -0.1) is 0 Å². The summed E-state index contributed by atoms with van der Waals surface area (Å²) < 4.78 is 29.5. The van der Waals surface area contributed by atoms with Crippen molar-refractivity contribution in [3.05, 3.63) is 48.0 Å². The van der Waals surface area contributed by atoms with E-state index in [4.69, 9.17) is 13.9 Å². The summed E-state index contributed by atoms with van der Waals surface area (Å²) in [5.74, 6) is 0.0893. The van der Waals surface area contributed by atoms with Crippen molar-refractivity contribution in [2.24, 2.45) is 0 Å². The third-order valence-electron chi connectivity index (χ3n) is 2.50. The van der Waals surface area contributed by atoms with Crippen LogP contribution in [-0.4, -0.2) is 14.2 Å². The molecule has 0 amide bonds. The maximum atomic E-state index is 14.2. The molecule has 4 heteroatoms. The number of ether oxygens (including phenoxy) is 2. The third-order valence-corrected chi connectivity index (χ3v) is 2.50. The lowest BCUT2D eigenvalue weighted by Gasteiger charge is -2.15. The van der Waals surface area contributed by atoms with Crippen LogP contribution in [-0.2, 0) is 9.47 Å². The van der Waals surface area contributed by atoms with E-state index in [-0.39, 0.29) is 0 Å². The van der Waals surface area contributed by atoms with E-state index in [1.807, 2.05) is 0 Å². The summed E-state index contributed by atoms with van der Waals surface area (Å²) in [4.78, 5) is 0. The van der Waals surface area contributed by atoms with E-state index >= 15 is 0 Å². The van der Waals surface area contributed by atoms with Crippen LogP contribution in [0.4, 0.5) is 4.39 Å². The molecule has 0 atom stereocenters. The normalized spacial score (nSPS) is 11.1. The zero-order chi connectivity index (χ0) is 12.3. The Hall–Kier alpha value is -1.65. The van der Waals surface area contributed by atoms with Crippen LogP contribution in [0, 0.1) is 5.82 Å². The molecule has 0 bridgehead atoms. The average molecular weight is 236 g/mol. The molecule has 0 fully saturated rings. The highest BCUT2D eigenvalue weighted by atomic mass is 19.1. The first kappa shape index (κ1) is 11.8. The molecule has 2 aromatic rings. The van der Waals surface area contributed by atoms with Gasteiger partial charge in [0.2, 0.25) is 0 Å². The Morgan fingerprint density at radius 2 is 1.88 bits per heavy atom. The molecule has 0 unspecified atom stereocenters. The summed E-state index contributed by atoms with van der Waals surface area (Å²) in [7, 11) is 2.93. The van der Waals surface area contributed by atoms with Gasteiger partial charge in [0.05, 0.1) is 11.8 Å². The lowest BCUT2D eigenvalue weighted by Crippen LogP contribution is -2.06. The highest BCUT2D eigenvalue weighted by Gasteiger charge is 2.18. The minimum absolute atomic E-state index is 0.351. The molecule has 0 aliphatic heterocycles. The van der Waals surface area contributed by atoms with Crippen LogP contribution in [0.25, 0.3) is 11.3 Å². The van der Waals surface area contributed by atoms with Crippen molar-refractivity contribution in [2.75, 3.05) is 14.2 Å². The first-order valence-electron chi connectivity index (χ1n) is 5.15. The van der Waals surface area contributed by atoms with Crippen LogP contribution in [0.15, 0.2) is 41.0 Å². The molecule has 0 saturated heterocycles. The van der Waals surface area contributed by atoms with Crippen molar-refractivity contribution in [3.63, 3.8) is 0 Å². The second kappa shape index (κ2) is 5.12. The Morgan fingerprint density at radius 1 is 1.12 bits per heavy atom. The van der Waals surface area contributed by atoms with Gasteiger partial charge >= 0.3 is 0 Å². The molecule has 90 valence electrons. The highest BCUT2D eigenvalue weighted by molar-refractivity contribution is 5.59. The topological polar surface area (TPSA) is 31.6 Å². The smallest absolute Gasteiger partial charge is 0.185 e. The van der Waals surface area contributed by atoms with Gasteiger partial charge in [0.15, 0.2) is 6.29 Å². The fraction of sp³-hybridized carbons (Fsp3) is 0.231. The zero-order valence-corrected chi connectivity index (χ0v) is 9.64. The minimum Gasteiger partial charge on any atom is -0.464 e. The van der Waals surface area contributed by atoms with Gasteiger partial charge in [-0.1, -0.05) is 12.1 Å². The maximum Gasteiger partial charge on any atom is 0.185 e. The van der Waals surface area contributed by atoms with E-state index in [9.17, 15) is 4.39 Å². The van der Waals surface area contributed by atoms with Gasteiger partial charge in [0.1, 0.15) is 11.6 Å². The number of benzene rings is 1. The second-order valence-corrected chi connectivity index (χ2v) is 3.49. The number of halogens is 1. The lowest BCUT2D eigenvalue weighted by molar-refractivity contribution is -0.107. The van der Waals surface area contributed by atoms with Crippen molar-refractivity contribution in [2.45, 2.75) is 6.29 Å². The first-order valence-corrected chi connectivity index (χ1v) is 5.15. The molecule has 17 heavy (non-hydrogen) atoms. The fourth-order valence-electron chi connectivity index (χ4n) is 1.70. The van der Waals surface area contributed by atoms with Gasteiger partial charge in [0.25, 0.3) is 0 Å². The lowest BCUT2D eigenvalue weighted by atomic mass is 10.1. The predicted octanol–water partition coefficient (Wildman–Crippen LogP) is 3.38. The van der Waals surface area contributed by atoms with Crippen molar-refractivity contribution < 1.29 is 18.3 Å². The summed E-state index contributed by atoms with van der Waals surface area (Å²) in [6.45, 7) is 0. The third kappa shape index (κ3) is 2.23. The van der Waals surface area contributed by atoms with Crippen molar-refractivity contribution >= 4 is 0 Å². The summed E-state index contributed by atoms with van der Waals surface area (Å²) in [5, 5.41) is 0. The summed E-state index contributed by atoms with van der Waals surface area (Å²) in [5.41, 5.74) is 0.746. The highest BCUT2D eigenvalue weighted by Crippen LogP contribution is 2.29. The van der Waals surface area contributed by atoms with Gasteiger partial charge in [-0.2, -0.15) is 0 Å². The Bertz CT molecular complexity index is 475. The SMILES string of the molecule is COC(OC)c1cccc(-c2ccco2)c1F. The first-order chi connectivity index (χ1) is 8.27. The molecule has 2 rings (SSSR count). The average Bonchev–Trinajstić information content (AvgIpc) is 2.86. The zero-order valence-electron chi connectivity index (χ0n) is 9.64. The Labute approximate surface area is 98.8 Å². The Morgan fingerprint density at radius 3 is 2.47 bits per heavy atom. The van der Waals surface area contributed by atoms with Gasteiger partial charge in [-0.3, -0.25) is 0 Å². The molecule has 1 aromatic carbocycles. The van der Waals surface area contributed by atoms with Gasteiger partial charge in [-0.25, -0.2) is 4.39 Å². The molecular weight excluding hydrogens is 223 g/mol. The molecular formula is C13H13FO3. The van der Waals surface area contributed by atoms with E-state index in [0.717, 1.165) is 0 Å². The number of hydrogen-bond donors (Lipinski definition) is 0. The van der Waals surface area contributed by atoms with Crippen molar-refractivity contribution in [1.29, 1.82) is 0 Å². The van der Waals surface area contributed by atoms with E-state index in [0.29, 0.717) is 16.9 Å². The minimum atomic E-state index is -0.718. The van der Waals surface area contributed by atoms with Gasteiger partial charge < -0.3 is 13.9 Å². The number of rotatable bonds is 4. The van der Waals surface area contributed by atoms with Gasteiger partial charge in [0, 0.05) is 19.8 Å². The van der Waals surface area contributed by atoms with E-state index < -0.39 is 12.1 Å². The second-order valence-electron chi connectivity index (χ2n) is 3.49. The van der Waals surface area contributed by atoms with Crippen LogP contribution < -0.4 is 0 Å². The number of furan rings is 1. The summed E-state index contributed by atoms with van der Waals surface area (Å²) >= 11 is 0. The molecule has 0 spiro atoms. The Balaban J connectivity index is 2.47. The Kier molecular flexibility index (Phi) is 3.56. The largest absolute Gasteiger partial charge is 0.464 e.